The summed E-state index contributed by atoms with van der Waals surface area (Å²) in [6.45, 7) is 0. The van der Waals surface area contributed by atoms with Crippen molar-refractivity contribution in [3.05, 3.63) is 59.0 Å². The van der Waals surface area contributed by atoms with Crippen molar-refractivity contribution < 1.29 is 18.3 Å². The quantitative estimate of drug-likeness (QED) is 0.656. The smallest absolute Gasteiger partial charge is 0.387 e. The summed E-state index contributed by atoms with van der Waals surface area (Å²) < 4.78 is 41.5. The summed E-state index contributed by atoms with van der Waals surface area (Å²) in [5, 5.41) is 10.6. The van der Waals surface area contributed by atoms with Crippen molar-refractivity contribution in [2.75, 3.05) is 0 Å². The summed E-state index contributed by atoms with van der Waals surface area (Å²) in [7, 11) is 0. The number of aliphatic hydroxyl groups excluding tert-OH is 1. The summed E-state index contributed by atoms with van der Waals surface area (Å²) >= 11 is 0.637. The minimum atomic E-state index is -4.47. The van der Waals surface area contributed by atoms with Crippen LogP contribution in [0.3, 0.4) is 0 Å². The van der Waals surface area contributed by atoms with E-state index < -0.39 is 17.2 Å². The first-order chi connectivity index (χ1) is 12.4. The number of fused-ring (bicyclic) bond motifs is 1. The molecular formula is C19H19F3N2OS. The molecule has 2 heterocycles. The zero-order valence-electron chi connectivity index (χ0n) is 14.0. The van der Waals surface area contributed by atoms with Crippen LogP contribution in [0, 0.1) is 5.92 Å². The van der Waals surface area contributed by atoms with Crippen molar-refractivity contribution in [3.8, 4) is 0 Å². The number of nitrogens with zero attached hydrogens (tertiary/aromatic N) is 2. The largest absolute Gasteiger partial charge is 0.427 e. The Kier molecular flexibility index (Phi) is 4.52. The van der Waals surface area contributed by atoms with E-state index in [1.807, 2.05) is 18.2 Å². The lowest BCUT2D eigenvalue weighted by molar-refractivity contribution is -0.136. The molecular weight excluding hydrogens is 361 g/mol. The normalized spacial score (nSPS) is 22.2. The molecule has 0 saturated heterocycles. The monoisotopic (exact) mass is 380 g/mol. The SMILES string of the molecule is OC(CC1CCC(c2ccccc2)C1)c1c(C(F)(F)F)sc2cncn12. The van der Waals surface area contributed by atoms with Crippen LogP contribution in [0.25, 0.3) is 4.83 Å². The van der Waals surface area contributed by atoms with Gasteiger partial charge in [-0.2, -0.15) is 13.2 Å². The Morgan fingerprint density at radius 2 is 2.00 bits per heavy atom. The van der Waals surface area contributed by atoms with Gasteiger partial charge in [-0.1, -0.05) is 30.3 Å². The molecule has 0 bridgehead atoms. The molecule has 1 aliphatic carbocycles. The summed E-state index contributed by atoms with van der Waals surface area (Å²) in [5.41, 5.74) is 1.20. The van der Waals surface area contributed by atoms with Crippen molar-refractivity contribution in [1.29, 1.82) is 0 Å². The number of hydrogen-bond donors (Lipinski definition) is 1. The highest BCUT2D eigenvalue weighted by molar-refractivity contribution is 7.17. The molecule has 1 aromatic carbocycles. The van der Waals surface area contributed by atoms with Crippen molar-refractivity contribution in [3.63, 3.8) is 0 Å². The summed E-state index contributed by atoms with van der Waals surface area (Å²) in [6, 6.07) is 10.2. The van der Waals surface area contributed by atoms with Gasteiger partial charge >= 0.3 is 6.18 Å². The topological polar surface area (TPSA) is 37.5 Å². The van der Waals surface area contributed by atoms with Gasteiger partial charge in [0.05, 0.1) is 18.0 Å². The lowest BCUT2D eigenvalue weighted by atomic mass is 9.93. The highest BCUT2D eigenvalue weighted by Gasteiger charge is 2.40. The highest BCUT2D eigenvalue weighted by atomic mass is 32.1. The number of benzene rings is 1. The Hall–Kier alpha value is -1.86. The van der Waals surface area contributed by atoms with Gasteiger partial charge in [0.1, 0.15) is 16.0 Å². The molecule has 4 rings (SSSR count). The van der Waals surface area contributed by atoms with E-state index in [1.165, 1.54) is 22.5 Å². The van der Waals surface area contributed by atoms with E-state index in [9.17, 15) is 18.3 Å². The van der Waals surface area contributed by atoms with Crippen LogP contribution in [0.2, 0.25) is 0 Å². The van der Waals surface area contributed by atoms with Crippen LogP contribution in [0.5, 0.6) is 0 Å². The van der Waals surface area contributed by atoms with E-state index in [-0.39, 0.29) is 11.6 Å². The van der Waals surface area contributed by atoms with Gasteiger partial charge in [0, 0.05) is 0 Å². The number of imidazole rings is 1. The van der Waals surface area contributed by atoms with Gasteiger partial charge in [0.2, 0.25) is 0 Å². The molecule has 3 aromatic rings. The number of alkyl halides is 3. The second kappa shape index (κ2) is 6.70. The molecule has 2 aromatic heterocycles. The van der Waals surface area contributed by atoms with Gasteiger partial charge < -0.3 is 5.11 Å². The molecule has 1 fully saturated rings. The first kappa shape index (κ1) is 17.5. The van der Waals surface area contributed by atoms with E-state index in [0.717, 1.165) is 19.3 Å². The second-order valence-corrected chi connectivity index (χ2v) is 7.98. The van der Waals surface area contributed by atoms with Crippen LogP contribution in [0.1, 0.15) is 53.8 Å². The maximum absolute atomic E-state index is 13.4. The molecule has 3 nitrogen and oxygen atoms in total. The first-order valence-electron chi connectivity index (χ1n) is 8.68. The summed E-state index contributed by atoms with van der Waals surface area (Å²) in [5.74, 6) is 0.640. The van der Waals surface area contributed by atoms with E-state index in [2.05, 4.69) is 17.1 Å². The standard InChI is InChI=1S/C19H19F3N2OS/c20-19(21,22)18-17(24-11-23-10-16(24)26-18)15(25)9-12-6-7-14(8-12)13-4-2-1-3-5-13/h1-5,10-12,14-15,25H,6-9H2. The minimum Gasteiger partial charge on any atom is -0.387 e. The maximum atomic E-state index is 13.4. The zero-order valence-corrected chi connectivity index (χ0v) is 14.8. The van der Waals surface area contributed by atoms with Crippen LogP contribution < -0.4 is 0 Å². The molecule has 0 aliphatic heterocycles. The molecule has 138 valence electrons. The summed E-state index contributed by atoms with van der Waals surface area (Å²) in [4.78, 5) is 3.59. The minimum absolute atomic E-state index is 0.0711. The fourth-order valence-corrected chi connectivity index (χ4v) is 5.09. The van der Waals surface area contributed by atoms with Crippen LogP contribution in [0.4, 0.5) is 13.2 Å². The van der Waals surface area contributed by atoms with Gasteiger partial charge in [-0.15, -0.1) is 11.3 Å². The highest BCUT2D eigenvalue weighted by Crippen LogP contribution is 2.45. The predicted octanol–water partition coefficient (Wildman–Crippen LogP) is 5.42. The summed E-state index contributed by atoms with van der Waals surface area (Å²) in [6.07, 6.45) is 0.317. The van der Waals surface area contributed by atoms with E-state index in [4.69, 9.17) is 0 Å². The van der Waals surface area contributed by atoms with E-state index in [0.29, 0.717) is 28.5 Å². The van der Waals surface area contributed by atoms with Gasteiger partial charge in [-0.3, -0.25) is 4.40 Å². The molecule has 3 unspecified atom stereocenters. The molecule has 7 heteroatoms. The number of halogens is 3. The maximum Gasteiger partial charge on any atom is 0.427 e. The average molecular weight is 380 g/mol. The number of hydrogen-bond acceptors (Lipinski definition) is 3. The zero-order chi connectivity index (χ0) is 18.3. The molecule has 1 aliphatic rings. The van der Waals surface area contributed by atoms with Crippen LogP contribution in [-0.4, -0.2) is 14.5 Å². The second-order valence-electron chi connectivity index (χ2n) is 6.95. The third kappa shape index (κ3) is 3.25. The van der Waals surface area contributed by atoms with Crippen LogP contribution >= 0.6 is 11.3 Å². The van der Waals surface area contributed by atoms with Gasteiger partial charge in [0.25, 0.3) is 0 Å². The molecule has 26 heavy (non-hydrogen) atoms. The molecule has 0 spiro atoms. The number of aromatic nitrogens is 2. The lowest BCUT2D eigenvalue weighted by Gasteiger charge is -2.18. The Bertz CT molecular complexity index is 887. The van der Waals surface area contributed by atoms with Gasteiger partial charge in [-0.05, 0) is 43.1 Å². The number of thiazole rings is 1. The Morgan fingerprint density at radius 3 is 2.73 bits per heavy atom. The average Bonchev–Trinajstić information content (AvgIpc) is 3.29. The fraction of sp³-hybridized carbons (Fsp3) is 0.421. The number of aliphatic hydroxyl groups is 1. The molecule has 1 saturated carbocycles. The fourth-order valence-electron chi connectivity index (χ4n) is 4.06. The van der Waals surface area contributed by atoms with Crippen molar-refractivity contribution in [2.45, 2.75) is 43.9 Å². The molecule has 0 amide bonds. The third-order valence-corrected chi connectivity index (χ3v) is 6.40. The molecule has 3 atom stereocenters. The van der Waals surface area contributed by atoms with E-state index in [1.54, 1.807) is 0 Å². The number of rotatable bonds is 4. The molecule has 1 N–H and O–H groups in total. The molecule has 0 radical (unpaired) electrons. The van der Waals surface area contributed by atoms with Gasteiger partial charge in [-0.25, -0.2) is 4.98 Å². The Balaban J connectivity index is 1.53. The Labute approximate surface area is 153 Å². The van der Waals surface area contributed by atoms with Crippen molar-refractivity contribution in [1.82, 2.24) is 9.38 Å². The van der Waals surface area contributed by atoms with Crippen molar-refractivity contribution in [2.24, 2.45) is 5.92 Å². The van der Waals surface area contributed by atoms with Crippen molar-refractivity contribution >= 4 is 16.2 Å². The van der Waals surface area contributed by atoms with E-state index >= 15 is 0 Å². The first-order valence-corrected chi connectivity index (χ1v) is 9.50. The predicted molar refractivity (Wildman–Crippen MR) is 94.2 cm³/mol. The Morgan fingerprint density at radius 1 is 1.23 bits per heavy atom. The van der Waals surface area contributed by atoms with Crippen LogP contribution in [-0.2, 0) is 6.18 Å². The third-order valence-electron chi connectivity index (χ3n) is 5.25. The van der Waals surface area contributed by atoms with Crippen LogP contribution in [0.15, 0.2) is 42.9 Å². The lowest BCUT2D eigenvalue weighted by Crippen LogP contribution is -2.13. The van der Waals surface area contributed by atoms with Gasteiger partial charge in [0.15, 0.2) is 0 Å².